The zero-order chi connectivity index (χ0) is 21.0. The predicted octanol–water partition coefficient (Wildman–Crippen LogP) is 3.09. The van der Waals surface area contributed by atoms with Gasteiger partial charge in [-0.25, -0.2) is 9.78 Å². The number of nitrogens with zero attached hydrogens (tertiary/aromatic N) is 3. The molecule has 3 rings (SSSR count). The second kappa shape index (κ2) is 8.77. The number of anilines is 1. The van der Waals surface area contributed by atoms with Crippen molar-refractivity contribution < 1.29 is 14.3 Å². The van der Waals surface area contributed by atoms with Crippen molar-refractivity contribution in [1.82, 2.24) is 9.55 Å². The minimum atomic E-state index is -0.458. The fourth-order valence-corrected chi connectivity index (χ4v) is 3.26. The monoisotopic (exact) mass is 395 g/mol. The van der Waals surface area contributed by atoms with E-state index in [1.54, 1.807) is 29.9 Å². The van der Waals surface area contributed by atoms with Gasteiger partial charge in [0.05, 0.1) is 37.2 Å². The summed E-state index contributed by atoms with van der Waals surface area (Å²) in [5, 5.41) is 0.460. The van der Waals surface area contributed by atoms with Gasteiger partial charge in [0.2, 0.25) is 5.95 Å². The topological polar surface area (TPSA) is 73.7 Å². The van der Waals surface area contributed by atoms with E-state index in [0.29, 0.717) is 42.0 Å². The molecule has 0 spiro atoms. The summed E-state index contributed by atoms with van der Waals surface area (Å²) in [5.41, 5.74) is 1.66. The molecule has 0 aliphatic carbocycles. The van der Waals surface area contributed by atoms with Gasteiger partial charge in [-0.05, 0) is 49.7 Å². The molecule has 0 N–H and O–H groups in total. The number of benzene rings is 2. The molecular weight excluding hydrogens is 370 g/mol. The molecule has 1 aromatic heterocycles. The van der Waals surface area contributed by atoms with Gasteiger partial charge in [0.15, 0.2) is 0 Å². The number of hydrogen-bond donors (Lipinski definition) is 0. The number of ether oxygens (including phenoxy) is 2. The van der Waals surface area contributed by atoms with Crippen LogP contribution >= 0.6 is 0 Å². The second-order valence-electron chi connectivity index (χ2n) is 6.55. The lowest BCUT2D eigenvalue weighted by Crippen LogP contribution is -2.33. The maximum absolute atomic E-state index is 13.3. The quantitative estimate of drug-likeness (QED) is 0.573. The predicted molar refractivity (Wildman–Crippen MR) is 113 cm³/mol. The fraction of sp³-hybridized carbons (Fsp3) is 0.318. The maximum atomic E-state index is 13.3. The van der Waals surface area contributed by atoms with Crippen LogP contribution in [0.2, 0.25) is 0 Å². The zero-order valence-corrected chi connectivity index (χ0v) is 17.1. The molecule has 29 heavy (non-hydrogen) atoms. The van der Waals surface area contributed by atoms with Crippen molar-refractivity contribution in [1.29, 1.82) is 0 Å². The normalized spacial score (nSPS) is 10.8. The third kappa shape index (κ3) is 4.08. The lowest BCUT2D eigenvalue weighted by Gasteiger charge is -2.24. The molecule has 0 atom stereocenters. The third-order valence-corrected chi connectivity index (χ3v) is 4.90. The van der Waals surface area contributed by atoms with Crippen LogP contribution < -0.4 is 15.2 Å². The number of esters is 1. The standard InChI is InChI=1S/C22H25N3O4/c1-5-24(6-2)22-23-19-13-16(21(27)29-4)9-12-18(19)20(26)25(22)14-15-7-10-17(28-3)11-8-15/h7-13H,5-6,14H2,1-4H3. The molecule has 0 aliphatic heterocycles. The molecule has 0 saturated heterocycles. The number of aromatic nitrogens is 2. The smallest absolute Gasteiger partial charge is 0.337 e. The molecule has 7 nitrogen and oxygen atoms in total. The van der Waals surface area contributed by atoms with E-state index in [2.05, 4.69) is 0 Å². The number of hydrogen-bond acceptors (Lipinski definition) is 6. The number of fused-ring (bicyclic) bond motifs is 1. The van der Waals surface area contributed by atoms with Crippen LogP contribution in [-0.2, 0) is 11.3 Å². The first-order valence-electron chi connectivity index (χ1n) is 9.53. The van der Waals surface area contributed by atoms with Crippen molar-refractivity contribution in [3.63, 3.8) is 0 Å². The molecule has 1 heterocycles. The van der Waals surface area contributed by atoms with E-state index in [-0.39, 0.29) is 5.56 Å². The van der Waals surface area contributed by atoms with Crippen molar-refractivity contribution in [3.05, 3.63) is 63.9 Å². The Hall–Kier alpha value is -3.35. The van der Waals surface area contributed by atoms with Crippen LogP contribution in [0.3, 0.4) is 0 Å². The molecule has 2 aromatic carbocycles. The van der Waals surface area contributed by atoms with E-state index in [9.17, 15) is 9.59 Å². The summed E-state index contributed by atoms with van der Waals surface area (Å²) in [6.45, 7) is 5.82. The molecular formula is C22H25N3O4. The molecule has 0 saturated carbocycles. The van der Waals surface area contributed by atoms with Crippen molar-refractivity contribution >= 4 is 22.8 Å². The second-order valence-corrected chi connectivity index (χ2v) is 6.55. The Balaban J connectivity index is 2.17. The van der Waals surface area contributed by atoms with E-state index in [4.69, 9.17) is 14.5 Å². The average Bonchev–Trinajstić information content (AvgIpc) is 2.76. The number of carbonyl (C=O) groups is 1. The van der Waals surface area contributed by atoms with Crippen LogP contribution in [0.5, 0.6) is 5.75 Å². The highest BCUT2D eigenvalue weighted by molar-refractivity contribution is 5.94. The van der Waals surface area contributed by atoms with E-state index in [1.165, 1.54) is 7.11 Å². The summed E-state index contributed by atoms with van der Waals surface area (Å²) < 4.78 is 11.7. The average molecular weight is 395 g/mol. The Morgan fingerprint density at radius 2 is 1.76 bits per heavy atom. The van der Waals surface area contributed by atoms with Crippen LogP contribution in [0.4, 0.5) is 5.95 Å². The summed E-state index contributed by atoms with van der Waals surface area (Å²) in [6, 6.07) is 12.4. The lowest BCUT2D eigenvalue weighted by molar-refractivity contribution is 0.0601. The first-order chi connectivity index (χ1) is 14.0. The van der Waals surface area contributed by atoms with E-state index < -0.39 is 5.97 Å². The van der Waals surface area contributed by atoms with Gasteiger partial charge in [0.25, 0.3) is 5.56 Å². The Labute approximate surface area is 169 Å². The first-order valence-corrected chi connectivity index (χ1v) is 9.53. The molecule has 0 radical (unpaired) electrons. The molecule has 0 unspecified atom stereocenters. The maximum Gasteiger partial charge on any atom is 0.337 e. The Morgan fingerprint density at radius 3 is 2.34 bits per heavy atom. The van der Waals surface area contributed by atoms with Crippen LogP contribution in [-0.4, -0.2) is 42.8 Å². The minimum Gasteiger partial charge on any atom is -0.497 e. The van der Waals surface area contributed by atoms with Gasteiger partial charge in [-0.3, -0.25) is 9.36 Å². The number of methoxy groups -OCH3 is 2. The van der Waals surface area contributed by atoms with E-state index in [1.807, 2.05) is 43.0 Å². The van der Waals surface area contributed by atoms with Gasteiger partial charge in [-0.15, -0.1) is 0 Å². The molecule has 0 amide bonds. The number of rotatable bonds is 7. The highest BCUT2D eigenvalue weighted by Gasteiger charge is 2.17. The molecule has 0 fully saturated rings. The first kappa shape index (κ1) is 20.4. The van der Waals surface area contributed by atoms with Gasteiger partial charge in [0, 0.05) is 13.1 Å². The highest BCUT2D eigenvalue weighted by Crippen LogP contribution is 2.19. The van der Waals surface area contributed by atoms with Gasteiger partial charge in [-0.1, -0.05) is 12.1 Å². The third-order valence-electron chi connectivity index (χ3n) is 4.90. The zero-order valence-electron chi connectivity index (χ0n) is 17.1. The van der Waals surface area contributed by atoms with E-state index >= 15 is 0 Å². The molecule has 0 aliphatic rings. The van der Waals surface area contributed by atoms with Gasteiger partial charge >= 0.3 is 5.97 Å². The summed E-state index contributed by atoms with van der Waals surface area (Å²) in [7, 11) is 2.95. The molecule has 7 heteroatoms. The van der Waals surface area contributed by atoms with Crippen molar-refractivity contribution in [3.8, 4) is 5.75 Å². The summed E-state index contributed by atoms with van der Waals surface area (Å²) in [4.78, 5) is 32.0. The molecule has 3 aromatic rings. The van der Waals surface area contributed by atoms with Crippen LogP contribution in [0, 0.1) is 0 Å². The van der Waals surface area contributed by atoms with Gasteiger partial charge in [0.1, 0.15) is 5.75 Å². The fourth-order valence-electron chi connectivity index (χ4n) is 3.26. The van der Waals surface area contributed by atoms with Gasteiger partial charge in [-0.2, -0.15) is 0 Å². The minimum absolute atomic E-state index is 0.149. The Kier molecular flexibility index (Phi) is 6.16. The SMILES string of the molecule is CCN(CC)c1nc2cc(C(=O)OC)ccc2c(=O)n1Cc1ccc(OC)cc1. The van der Waals surface area contributed by atoms with Crippen LogP contribution in [0.15, 0.2) is 47.3 Å². The van der Waals surface area contributed by atoms with Crippen molar-refractivity contribution in [2.24, 2.45) is 0 Å². The van der Waals surface area contributed by atoms with Crippen LogP contribution in [0.1, 0.15) is 29.8 Å². The van der Waals surface area contributed by atoms with Crippen molar-refractivity contribution in [2.75, 3.05) is 32.2 Å². The molecule has 152 valence electrons. The van der Waals surface area contributed by atoms with Gasteiger partial charge < -0.3 is 14.4 Å². The van der Waals surface area contributed by atoms with Crippen LogP contribution in [0.25, 0.3) is 10.9 Å². The van der Waals surface area contributed by atoms with E-state index in [0.717, 1.165) is 11.3 Å². The lowest BCUT2D eigenvalue weighted by atomic mass is 10.1. The summed E-state index contributed by atoms with van der Waals surface area (Å²) >= 11 is 0. The Morgan fingerprint density at radius 1 is 1.07 bits per heavy atom. The largest absolute Gasteiger partial charge is 0.497 e. The molecule has 0 bridgehead atoms. The Bertz CT molecular complexity index is 1070. The number of carbonyl (C=O) groups excluding carboxylic acids is 1. The van der Waals surface area contributed by atoms with Crippen molar-refractivity contribution in [2.45, 2.75) is 20.4 Å². The summed E-state index contributed by atoms with van der Waals surface area (Å²) in [5.74, 6) is 0.878. The highest BCUT2D eigenvalue weighted by atomic mass is 16.5. The summed E-state index contributed by atoms with van der Waals surface area (Å²) in [6.07, 6.45) is 0.